The second kappa shape index (κ2) is 4.44. The average Bonchev–Trinajstić information content (AvgIpc) is 2.98. The molecule has 3 N–H and O–H groups in total. The van der Waals surface area contributed by atoms with E-state index in [-0.39, 0.29) is 5.56 Å². The van der Waals surface area contributed by atoms with Crippen LogP contribution in [0, 0.1) is 6.92 Å². The van der Waals surface area contributed by atoms with E-state index in [0.29, 0.717) is 22.8 Å². The Morgan fingerprint density at radius 3 is 3.11 bits per heavy atom. The van der Waals surface area contributed by atoms with Crippen LogP contribution < -0.4 is 16.8 Å². The molecule has 0 spiro atoms. The summed E-state index contributed by atoms with van der Waals surface area (Å²) in [7, 11) is 0. The van der Waals surface area contributed by atoms with Gasteiger partial charge in [-0.25, -0.2) is 10.4 Å². The molecule has 0 aliphatic rings. The van der Waals surface area contributed by atoms with Gasteiger partial charge >= 0.3 is 0 Å². The molecule has 3 aromatic rings. The van der Waals surface area contributed by atoms with Crippen molar-refractivity contribution in [3.05, 3.63) is 40.2 Å². The lowest BCUT2D eigenvalue weighted by atomic mass is 10.4. The lowest BCUT2D eigenvalue weighted by Gasteiger charge is -2.04. The molecule has 3 rings (SSSR count). The molecule has 3 aromatic heterocycles. The van der Waals surface area contributed by atoms with Gasteiger partial charge in [0.2, 0.25) is 0 Å². The Balaban J connectivity index is 2.06. The summed E-state index contributed by atoms with van der Waals surface area (Å²) < 4.78 is 6.92. The molecule has 0 unspecified atom stereocenters. The van der Waals surface area contributed by atoms with Crippen molar-refractivity contribution in [1.82, 2.24) is 23.8 Å². The number of rotatable bonds is 3. The molecule has 19 heavy (non-hydrogen) atoms. The molecule has 8 nitrogen and oxygen atoms in total. The molecular formula is C10H11N7OS. The quantitative estimate of drug-likeness (QED) is 0.515. The summed E-state index contributed by atoms with van der Waals surface area (Å²) in [5, 5.41) is 8.79. The van der Waals surface area contributed by atoms with E-state index in [1.54, 1.807) is 27.5 Å². The Bertz CT molecular complexity index is 787. The van der Waals surface area contributed by atoms with Gasteiger partial charge in [-0.15, -0.1) is 5.10 Å². The number of aryl methyl sites for hydroxylation is 1. The molecular weight excluding hydrogens is 266 g/mol. The molecule has 0 aromatic carbocycles. The minimum Gasteiger partial charge on any atom is -0.313 e. The van der Waals surface area contributed by atoms with Gasteiger partial charge in [-0.1, -0.05) is 4.49 Å². The second-order valence-corrected chi connectivity index (χ2v) is 4.79. The van der Waals surface area contributed by atoms with Gasteiger partial charge < -0.3 is 9.99 Å². The smallest absolute Gasteiger partial charge is 0.276 e. The number of anilines is 1. The van der Waals surface area contributed by atoms with Crippen LogP contribution in [0.4, 0.5) is 5.00 Å². The van der Waals surface area contributed by atoms with Crippen molar-refractivity contribution in [2.75, 3.05) is 5.43 Å². The Kier molecular flexibility index (Phi) is 2.76. The van der Waals surface area contributed by atoms with Crippen molar-refractivity contribution in [2.45, 2.75) is 13.5 Å². The number of hydrazine groups is 1. The number of nitrogens with zero attached hydrogens (tertiary/aromatic N) is 5. The third-order valence-electron chi connectivity index (χ3n) is 2.73. The molecule has 0 radical (unpaired) electrons. The molecule has 0 saturated carbocycles. The summed E-state index contributed by atoms with van der Waals surface area (Å²) >= 11 is 1.15. The van der Waals surface area contributed by atoms with E-state index in [9.17, 15) is 4.79 Å². The Morgan fingerprint density at radius 1 is 1.47 bits per heavy atom. The zero-order valence-corrected chi connectivity index (χ0v) is 10.9. The molecule has 0 saturated heterocycles. The number of nitrogen functional groups attached to an aromatic ring is 1. The van der Waals surface area contributed by atoms with E-state index >= 15 is 0 Å². The first-order valence-corrected chi connectivity index (χ1v) is 6.29. The van der Waals surface area contributed by atoms with Crippen LogP contribution in [-0.2, 0) is 6.54 Å². The van der Waals surface area contributed by atoms with Crippen LogP contribution in [0.5, 0.6) is 0 Å². The van der Waals surface area contributed by atoms with Gasteiger partial charge in [-0.05, 0) is 13.0 Å². The van der Waals surface area contributed by atoms with Gasteiger partial charge in [0.15, 0.2) is 0 Å². The number of nitrogens with two attached hydrogens (primary N) is 1. The van der Waals surface area contributed by atoms with Gasteiger partial charge in [-0.3, -0.25) is 4.79 Å². The summed E-state index contributed by atoms with van der Waals surface area (Å²) in [6.07, 6.45) is 3.40. The zero-order valence-electron chi connectivity index (χ0n) is 10.1. The van der Waals surface area contributed by atoms with E-state index in [1.165, 1.54) is 0 Å². The van der Waals surface area contributed by atoms with Crippen LogP contribution >= 0.6 is 11.5 Å². The highest BCUT2D eigenvalue weighted by Gasteiger charge is 2.10. The van der Waals surface area contributed by atoms with Crippen LogP contribution in [0.1, 0.15) is 11.4 Å². The van der Waals surface area contributed by atoms with Crippen LogP contribution in [0.15, 0.2) is 23.3 Å². The lowest BCUT2D eigenvalue weighted by molar-refractivity contribution is 0.723. The van der Waals surface area contributed by atoms with Crippen molar-refractivity contribution in [3.63, 3.8) is 0 Å². The molecule has 0 bridgehead atoms. The number of fused-ring (bicyclic) bond motifs is 1. The summed E-state index contributed by atoms with van der Waals surface area (Å²) in [4.78, 5) is 12.3. The molecule has 9 heteroatoms. The molecule has 0 fully saturated rings. The molecule has 98 valence electrons. The van der Waals surface area contributed by atoms with Gasteiger partial charge in [0.1, 0.15) is 16.2 Å². The highest BCUT2D eigenvalue weighted by atomic mass is 32.1. The van der Waals surface area contributed by atoms with Crippen molar-refractivity contribution in [3.8, 4) is 0 Å². The predicted molar refractivity (Wildman–Crippen MR) is 71.0 cm³/mol. The highest BCUT2D eigenvalue weighted by Crippen LogP contribution is 2.16. The van der Waals surface area contributed by atoms with E-state index in [0.717, 1.165) is 17.2 Å². The number of hydrogen-bond donors (Lipinski definition) is 2. The SMILES string of the molecule is Cc1cc2c(=O)n(Cc3nnsc3NN)ccn2n1. The monoisotopic (exact) mass is 277 g/mol. The highest BCUT2D eigenvalue weighted by molar-refractivity contribution is 7.10. The third-order valence-corrected chi connectivity index (χ3v) is 3.43. The maximum atomic E-state index is 12.3. The summed E-state index contributed by atoms with van der Waals surface area (Å²) in [5.74, 6) is 5.36. The van der Waals surface area contributed by atoms with Crippen LogP contribution in [0.2, 0.25) is 0 Å². The van der Waals surface area contributed by atoms with E-state index in [1.807, 2.05) is 6.92 Å². The number of aromatic nitrogens is 5. The van der Waals surface area contributed by atoms with Crippen LogP contribution in [0.3, 0.4) is 0 Å². The normalized spacial score (nSPS) is 11.1. The van der Waals surface area contributed by atoms with Crippen molar-refractivity contribution in [2.24, 2.45) is 5.84 Å². The topological polar surface area (TPSA) is 103 Å². The first-order valence-electron chi connectivity index (χ1n) is 5.52. The van der Waals surface area contributed by atoms with E-state index in [4.69, 9.17) is 5.84 Å². The Labute approximate surface area is 111 Å². The molecule has 0 aliphatic carbocycles. The molecule has 0 atom stereocenters. The first-order chi connectivity index (χ1) is 9.19. The zero-order chi connectivity index (χ0) is 13.4. The van der Waals surface area contributed by atoms with Gasteiger partial charge in [0.25, 0.3) is 5.56 Å². The fraction of sp³-hybridized carbons (Fsp3) is 0.200. The lowest BCUT2D eigenvalue weighted by Crippen LogP contribution is -2.22. The maximum Gasteiger partial charge on any atom is 0.276 e. The minimum atomic E-state index is -0.126. The summed E-state index contributed by atoms with van der Waals surface area (Å²) in [6.45, 7) is 2.16. The molecule has 0 aliphatic heterocycles. The Hall–Kier alpha value is -2.26. The summed E-state index contributed by atoms with van der Waals surface area (Å²) in [6, 6.07) is 1.75. The third kappa shape index (κ3) is 1.98. The summed E-state index contributed by atoms with van der Waals surface area (Å²) in [5.41, 5.74) is 4.36. The van der Waals surface area contributed by atoms with E-state index < -0.39 is 0 Å². The maximum absolute atomic E-state index is 12.3. The number of nitrogens with one attached hydrogen (secondary N) is 1. The molecule has 0 amide bonds. The van der Waals surface area contributed by atoms with Crippen LogP contribution in [0.25, 0.3) is 5.52 Å². The van der Waals surface area contributed by atoms with Crippen LogP contribution in [-0.4, -0.2) is 23.8 Å². The molecule has 3 heterocycles. The van der Waals surface area contributed by atoms with Crippen molar-refractivity contribution in [1.29, 1.82) is 0 Å². The number of hydrogen-bond acceptors (Lipinski definition) is 7. The fourth-order valence-corrected chi connectivity index (χ4v) is 2.34. The minimum absolute atomic E-state index is 0.126. The van der Waals surface area contributed by atoms with Crippen molar-refractivity contribution < 1.29 is 0 Å². The van der Waals surface area contributed by atoms with Gasteiger partial charge in [-0.2, -0.15) is 5.10 Å². The largest absolute Gasteiger partial charge is 0.313 e. The Morgan fingerprint density at radius 2 is 2.32 bits per heavy atom. The van der Waals surface area contributed by atoms with Gasteiger partial charge in [0.05, 0.1) is 12.2 Å². The second-order valence-electron chi connectivity index (χ2n) is 4.04. The standard InChI is InChI=1S/C10H11N7OS/c1-6-4-8-10(18)16(2-3-17(8)14-6)5-7-9(12-11)19-15-13-7/h2-4,12H,5,11H2,1H3. The fourth-order valence-electron chi connectivity index (χ4n) is 1.86. The first kappa shape index (κ1) is 11.8. The van der Waals surface area contributed by atoms with Gasteiger partial charge in [0, 0.05) is 23.9 Å². The van der Waals surface area contributed by atoms with Crippen molar-refractivity contribution >= 4 is 22.1 Å². The van der Waals surface area contributed by atoms with E-state index in [2.05, 4.69) is 20.1 Å². The predicted octanol–water partition coefficient (Wildman–Crippen LogP) is -0.0102. The average molecular weight is 277 g/mol.